The lowest BCUT2D eigenvalue weighted by molar-refractivity contribution is -0.192. The van der Waals surface area contributed by atoms with E-state index >= 15 is 0 Å². The lowest BCUT2D eigenvalue weighted by atomic mass is 9.64. The maximum absolute atomic E-state index is 12.8. The van der Waals surface area contributed by atoms with Crippen LogP contribution in [0.15, 0.2) is 42.5 Å². The summed E-state index contributed by atoms with van der Waals surface area (Å²) in [7, 11) is 3.38. The number of methoxy groups -OCH3 is 2. The Bertz CT molecular complexity index is 1240. The fraction of sp³-hybridized carbons (Fsp3) is 0.517. The maximum Gasteiger partial charge on any atom is 0.490 e. The number of fused-ring (bicyclic) bond motifs is 1. The predicted molar refractivity (Wildman–Crippen MR) is 149 cm³/mol. The van der Waals surface area contributed by atoms with Gasteiger partial charge >= 0.3 is 18.2 Å². The summed E-state index contributed by atoms with van der Waals surface area (Å²) in [5.41, 5.74) is 2.12. The quantitative estimate of drug-likeness (QED) is 0.365. The minimum absolute atomic E-state index is 0.0801. The highest BCUT2D eigenvalue weighted by Gasteiger charge is 2.53. The molecule has 1 aliphatic heterocycles. The van der Waals surface area contributed by atoms with Gasteiger partial charge in [-0.1, -0.05) is 30.2 Å². The minimum atomic E-state index is -5.08. The second kappa shape index (κ2) is 12.8. The molecule has 224 valence electrons. The smallest absolute Gasteiger partial charge is 0.490 e. The van der Waals surface area contributed by atoms with Gasteiger partial charge in [0.05, 0.1) is 14.2 Å². The van der Waals surface area contributed by atoms with Crippen LogP contribution in [0, 0.1) is 0 Å². The van der Waals surface area contributed by atoms with Crippen LogP contribution in [0.1, 0.15) is 50.5 Å². The third-order valence-electron chi connectivity index (χ3n) is 8.46. The van der Waals surface area contributed by atoms with E-state index in [4.69, 9.17) is 31.0 Å². The molecule has 3 atom stereocenters. The van der Waals surface area contributed by atoms with Gasteiger partial charge in [-0.15, -0.1) is 0 Å². The number of carbonyl (C=O) groups excluding carboxylic acids is 1. The summed E-state index contributed by atoms with van der Waals surface area (Å²) in [6.07, 6.45) is 2.89. The first-order valence-electron chi connectivity index (χ1n) is 13.6. The molecule has 3 aliphatic rings. The molecule has 3 fully saturated rings. The molecule has 12 heteroatoms. The van der Waals surface area contributed by atoms with Gasteiger partial charge in [0.15, 0.2) is 11.5 Å². The van der Waals surface area contributed by atoms with E-state index in [0.29, 0.717) is 22.8 Å². The number of hydrogen-bond donors (Lipinski definition) is 3. The van der Waals surface area contributed by atoms with Crippen molar-refractivity contribution < 1.29 is 37.3 Å². The first-order valence-corrected chi connectivity index (χ1v) is 14.0. The van der Waals surface area contributed by atoms with Crippen molar-refractivity contribution in [3.63, 3.8) is 0 Å². The number of ether oxygens (including phenoxy) is 2. The molecule has 2 amide bonds. The Balaban J connectivity index is 0.000000493. The number of hydrogen-bond acceptors (Lipinski definition) is 5. The highest BCUT2D eigenvalue weighted by atomic mass is 35.5. The number of nitrogens with zero attached hydrogens (tertiary/aromatic N) is 1. The Labute approximate surface area is 242 Å². The van der Waals surface area contributed by atoms with E-state index in [1.807, 2.05) is 18.2 Å². The number of rotatable bonds is 6. The molecule has 0 aromatic heterocycles. The zero-order chi connectivity index (χ0) is 29.8. The van der Waals surface area contributed by atoms with E-state index < -0.39 is 12.1 Å². The molecule has 0 spiro atoms. The molecule has 0 radical (unpaired) electrons. The molecule has 2 saturated carbocycles. The van der Waals surface area contributed by atoms with Crippen LogP contribution in [-0.2, 0) is 10.2 Å². The van der Waals surface area contributed by atoms with Gasteiger partial charge < -0.3 is 25.2 Å². The zero-order valence-electron chi connectivity index (χ0n) is 23.0. The first-order chi connectivity index (χ1) is 19.5. The maximum atomic E-state index is 12.8. The Kier molecular flexibility index (Phi) is 9.59. The second-order valence-electron chi connectivity index (χ2n) is 10.7. The molecule has 2 aromatic carbocycles. The topological polar surface area (TPSA) is 100 Å². The van der Waals surface area contributed by atoms with Gasteiger partial charge in [-0.05, 0) is 81.0 Å². The SMILES string of the molecule is COc1ccc(C23CCC(NC(=O)Nc4cccc(Cl)c4)CC2N(C2CCC2)CC3)cc1OC.O=C(O)C(F)(F)F. The number of halogens is 4. The van der Waals surface area contributed by atoms with E-state index in [2.05, 4.69) is 27.7 Å². The highest BCUT2D eigenvalue weighted by Crippen LogP contribution is 2.52. The monoisotopic (exact) mass is 597 g/mol. The van der Waals surface area contributed by atoms with E-state index in [-0.39, 0.29) is 17.5 Å². The average molecular weight is 598 g/mol. The first kappa shape index (κ1) is 30.8. The lowest BCUT2D eigenvalue weighted by Gasteiger charge is -2.48. The fourth-order valence-corrected chi connectivity index (χ4v) is 6.46. The van der Waals surface area contributed by atoms with Gasteiger partial charge in [-0.25, -0.2) is 9.59 Å². The van der Waals surface area contributed by atoms with Crippen LogP contribution in [0.4, 0.5) is 23.7 Å². The number of carbonyl (C=O) groups is 2. The van der Waals surface area contributed by atoms with Gasteiger partial charge in [0.1, 0.15) is 0 Å². The Morgan fingerprint density at radius 1 is 1.05 bits per heavy atom. The number of nitrogens with one attached hydrogen (secondary N) is 2. The van der Waals surface area contributed by atoms with E-state index in [9.17, 15) is 18.0 Å². The van der Waals surface area contributed by atoms with Gasteiger partial charge in [-0.3, -0.25) is 4.90 Å². The Morgan fingerprint density at radius 3 is 2.34 bits per heavy atom. The number of amides is 2. The summed E-state index contributed by atoms with van der Waals surface area (Å²) in [6, 6.07) is 14.7. The standard InChI is InChI=1S/C27H34ClN3O3.C2HF3O2/c1-33-23-10-9-18(15-24(23)34-2)27-12-11-21(17-25(27)31(14-13-27)22-7-4-8-22)30-26(32)29-20-6-3-5-19(28)16-20;3-2(4,5)1(6)7/h3,5-6,9-10,15-16,21-22,25H,4,7-8,11-14,17H2,1-2H3,(H2,29,30,32);(H,6,7). The van der Waals surface area contributed by atoms with Gasteiger partial charge in [0.25, 0.3) is 0 Å². The highest BCUT2D eigenvalue weighted by molar-refractivity contribution is 6.30. The molecule has 41 heavy (non-hydrogen) atoms. The number of anilines is 1. The predicted octanol–water partition coefficient (Wildman–Crippen LogP) is 6.23. The van der Waals surface area contributed by atoms with Crippen LogP contribution < -0.4 is 20.1 Å². The summed E-state index contributed by atoms with van der Waals surface area (Å²) in [5, 5.41) is 13.9. The normalized spacial score (nSPS) is 24.2. The summed E-state index contributed by atoms with van der Waals surface area (Å²) in [6.45, 7) is 1.12. The fourth-order valence-electron chi connectivity index (χ4n) is 6.27. The molecule has 1 heterocycles. The minimum Gasteiger partial charge on any atom is -0.493 e. The van der Waals surface area contributed by atoms with Crippen molar-refractivity contribution in [2.75, 3.05) is 26.1 Å². The summed E-state index contributed by atoms with van der Waals surface area (Å²) < 4.78 is 42.9. The van der Waals surface area contributed by atoms with E-state index in [1.54, 1.807) is 26.4 Å². The molecular weight excluding hydrogens is 563 g/mol. The van der Waals surface area contributed by atoms with Crippen LogP contribution in [0.3, 0.4) is 0 Å². The Hall–Kier alpha value is -3.18. The van der Waals surface area contributed by atoms with Gasteiger partial charge in [0, 0.05) is 34.3 Å². The van der Waals surface area contributed by atoms with Crippen molar-refractivity contribution in [2.24, 2.45) is 0 Å². The molecule has 8 nitrogen and oxygen atoms in total. The molecule has 3 unspecified atom stereocenters. The van der Waals surface area contributed by atoms with Crippen molar-refractivity contribution in [3.8, 4) is 11.5 Å². The van der Waals surface area contributed by atoms with Crippen LogP contribution in [0.2, 0.25) is 5.02 Å². The van der Waals surface area contributed by atoms with Crippen molar-refractivity contribution >= 4 is 29.3 Å². The van der Waals surface area contributed by atoms with Crippen LogP contribution in [0.5, 0.6) is 11.5 Å². The van der Waals surface area contributed by atoms with Gasteiger partial charge in [0.2, 0.25) is 0 Å². The van der Waals surface area contributed by atoms with Crippen molar-refractivity contribution in [1.29, 1.82) is 0 Å². The molecule has 2 aliphatic carbocycles. The molecule has 2 aromatic rings. The number of urea groups is 1. The molecular formula is C29H35ClF3N3O5. The lowest BCUT2D eigenvalue weighted by Crippen LogP contribution is -2.55. The second-order valence-corrected chi connectivity index (χ2v) is 11.1. The summed E-state index contributed by atoms with van der Waals surface area (Å²) >= 11 is 6.07. The largest absolute Gasteiger partial charge is 0.493 e. The van der Waals surface area contributed by atoms with Crippen LogP contribution >= 0.6 is 11.6 Å². The third-order valence-corrected chi connectivity index (χ3v) is 8.70. The molecule has 1 saturated heterocycles. The Morgan fingerprint density at radius 2 is 1.76 bits per heavy atom. The number of carboxylic acid groups (broad SMARTS) is 1. The summed E-state index contributed by atoms with van der Waals surface area (Å²) in [5.74, 6) is -1.20. The number of aliphatic carboxylic acids is 1. The van der Waals surface area contributed by atoms with Gasteiger partial charge in [-0.2, -0.15) is 13.2 Å². The van der Waals surface area contributed by atoms with E-state index in [1.165, 1.54) is 24.8 Å². The molecule has 5 rings (SSSR count). The van der Waals surface area contributed by atoms with E-state index in [0.717, 1.165) is 43.7 Å². The molecule has 0 bridgehead atoms. The van der Waals surface area contributed by atoms with Crippen molar-refractivity contribution in [2.45, 2.75) is 74.7 Å². The van der Waals surface area contributed by atoms with Crippen molar-refractivity contribution in [1.82, 2.24) is 10.2 Å². The average Bonchev–Trinajstić information content (AvgIpc) is 3.26. The number of carboxylic acids is 1. The van der Waals surface area contributed by atoms with Crippen LogP contribution in [-0.4, -0.2) is 67.1 Å². The van der Waals surface area contributed by atoms with Crippen molar-refractivity contribution in [3.05, 3.63) is 53.1 Å². The zero-order valence-corrected chi connectivity index (χ0v) is 23.7. The number of benzene rings is 2. The molecule has 3 N–H and O–H groups in total. The summed E-state index contributed by atoms with van der Waals surface area (Å²) in [4.78, 5) is 24.4. The number of alkyl halides is 3. The number of likely N-dealkylation sites (tertiary alicyclic amines) is 1. The third kappa shape index (κ3) is 7.01. The van der Waals surface area contributed by atoms with Crippen LogP contribution in [0.25, 0.3) is 0 Å².